The summed E-state index contributed by atoms with van der Waals surface area (Å²) in [6.07, 6.45) is 6.09. The Bertz CT molecular complexity index is 131. The van der Waals surface area contributed by atoms with Gasteiger partial charge < -0.3 is 0 Å². The molecule has 1 aliphatic carbocycles. The number of nitrogens with one attached hydrogen (secondary N) is 1. The molecule has 0 heterocycles. The smallest absolute Gasteiger partial charge is 0.0318 e. The van der Waals surface area contributed by atoms with Gasteiger partial charge in [0.1, 0.15) is 0 Å². The van der Waals surface area contributed by atoms with E-state index in [0.717, 1.165) is 12.5 Å². The third-order valence-corrected chi connectivity index (χ3v) is 2.19. The minimum absolute atomic E-state index is 0.855. The van der Waals surface area contributed by atoms with Crippen molar-refractivity contribution < 1.29 is 0 Å². The van der Waals surface area contributed by atoms with Gasteiger partial charge in [-0.25, -0.2) is 4.84 Å². The fraction of sp³-hybridized carbons (Fsp3) is 0.750. The molecular weight excluding hydrogens is 146 g/mol. The molecule has 0 saturated heterocycles. The van der Waals surface area contributed by atoms with Crippen LogP contribution in [0.15, 0.2) is 11.6 Å². The van der Waals surface area contributed by atoms with Crippen LogP contribution in [0.3, 0.4) is 0 Å². The lowest BCUT2D eigenvalue weighted by atomic mass is 9.91. The Morgan fingerprint density at radius 2 is 2.60 bits per heavy atom. The molecule has 1 N–H and O–H groups in total. The highest BCUT2D eigenvalue weighted by atomic mass is 35.5. The van der Waals surface area contributed by atoms with Gasteiger partial charge in [-0.1, -0.05) is 18.6 Å². The van der Waals surface area contributed by atoms with Crippen LogP contribution in [-0.4, -0.2) is 6.54 Å². The first-order valence-corrected chi connectivity index (χ1v) is 4.22. The van der Waals surface area contributed by atoms with E-state index in [1.54, 1.807) is 0 Å². The van der Waals surface area contributed by atoms with Crippen molar-refractivity contribution in [3.8, 4) is 0 Å². The van der Waals surface area contributed by atoms with Gasteiger partial charge in [0.05, 0.1) is 0 Å². The monoisotopic (exact) mass is 159 g/mol. The molecule has 2 heteroatoms. The van der Waals surface area contributed by atoms with Crippen molar-refractivity contribution in [1.82, 2.24) is 4.84 Å². The molecule has 10 heavy (non-hydrogen) atoms. The molecule has 0 aromatic heterocycles. The number of hydrogen-bond acceptors (Lipinski definition) is 1. The third-order valence-electron chi connectivity index (χ3n) is 2.06. The zero-order valence-corrected chi connectivity index (χ0v) is 7.12. The molecule has 0 aromatic rings. The topological polar surface area (TPSA) is 12.0 Å². The van der Waals surface area contributed by atoms with Gasteiger partial charge in [0.25, 0.3) is 0 Å². The van der Waals surface area contributed by atoms with Gasteiger partial charge in [-0.3, -0.25) is 0 Å². The lowest BCUT2D eigenvalue weighted by Gasteiger charge is -2.17. The van der Waals surface area contributed by atoms with Crippen LogP contribution in [0.2, 0.25) is 0 Å². The Morgan fingerprint density at radius 3 is 3.10 bits per heavy atom. The second kappa shape index (κ2) is 3.99. The standard InChI is InChI=1S/C8H14ClN/c1-7-2-4-8(5-3-7)6-10-9/h4,7,10H,2-3,5-6H2,1H3. The first-order chi connectivity index (χ1) is 4.83. The van der Waals surface area contributed by atoms with Gasteiger partial charge in [0.15, 0.2) is 0 Å². The first-order valence-electron chi connectivity index (χ1n) is 3.84. The normalized spacial score (nSPS) is 26.2. The largest absolute Gasteiger partial charge is 0.229 e. The van der Waals surface area contributed by atoms with Crippen LogP contribution in [-0.2, 0) is 0 Å². The van der Waals surface area contributed by atoms with Crippen LogP contribution < -0.4 is 4.84 Å². The first kappa shape index (κ1) is 8.09. The maximum absolute atomic E-state index is 5.38. The molecule has 1 aliphatic rings. The van der Waals surface area contributed by atoms with Crippen molar-refractivity contribution >= 4 is 11.8 Å². The molecule has 1 rings (SSSR count). The van der Waals surface area contributed by atoms with Crippen molar-refractivity contribution in [3.05, 3.63) is 11.6 Å². The van der Waals surface area contributed by atoms with E-state index in [1.165, 1.54) is 24.8 Å². The third kappa shape index (κ3) is 2.31. The van der Waals surface area contributed by atoms with Crippen LogP contribution in [0.5, 0.6) is 0 Å². The van der Waals surface area contributed by atoms with Gasteiger partial charge in [0, 0.05) is 6.54 Å². The van der Waals surface area contributed by atoms with Gasteiger partial charge in [-0.05, 0) is 37.0 Å². The fourth-order valence-corrected chi connectivity index (χ4v) is 1.44. The van der Waals surface area contributed by atoms with Crippen molar-refractivity contribution in [3.63, 3.8) is 0 Å². The highest BCUT2D eigenvalue weighted by Gasteiger charge is 2.08. The molecule has 0 fully saturated rings. The van der Waals surface area contributed by atoms with E-state index in [2.05, 4.69) is 17.8 Å². The Balaban J connectivity index is 2.33. The molecule has 1 unspecified atom stereocenters. The van der Waals surface area contributed by atoms with E-state index in [-0.39, 0.29) is 0 Å². The average molecular weight is 160 g/mol. The number of allylic oxidation sites excluding steroid dienone is 1. The predicted molar refractivity (Wildman–Crippen MR) is 45.0 cm³/mol. The summed E-state index contributed by atoms with van der Waals surface area (Å²) < 4.78 is 0. The van der Waals surface area contributed by atoms with E-state index >= 15 is 0 Å². The van der Waals surface area contributed by atoms with E-state index in [9.17, 15) is 0 Å². The summed E-state index contributed by atoms with van der Waals surface area (Å²) in [6.45, 7) is 3.15. The van der Waals surface area contributed by atoms with Crippen molar-refractivity contribution in [1.29, 1.82) is 0 Å². The lowest BCUT2D eigenvalue weighted by molar-refractivity contribution is 0.509. The molecule has 0 aromatic carbocycles. The van der Waals surface area contributed by atoms with Gasteiger partial charge in [0.2, 0.25) is 0 Å². The summed E-state index contributed by atoms with van der Waals surface area (Å²) in [7, 11) is 0. The summed E-state index contributed by atoms with van der Waals surface area (Å²) in [4.78, 5) is 2.66. The quantitative estimate of drug-likeness (QED) is 0.482. The number of rotatable bonds is 2. The van der Waals surface area contributed by atoms with E-state index < -0.39 is 0 Å². The summed E-state index contributed by atoms with van der Waals surface area (Å²) >= 11 is 5.38. The minimum atomic E-state index is 0.855. The van der Waals surface area contributed by atoms with Crippen LogP contribution in [0.25, 0.3) is 0 Å². The van der Waals surface area contributed by atoms with Crippen LogP contribution in [0, 0.1) is 5.92 Å². The Kier molecular flexibility index (Phi) is 3.23. The SMILES string of the molecule is CC1CC=C(CNCl)CC1. The zero-order chi connectivity index (χ0) is 7.40. The van der Waals surface area contributed by atoms with Crippen LogP contribution in [0.1, 0.15) is 26.2 Å². The van der Waals surface area contributed by atoms with Crippen molar-refractivity contribution in [2.24, 2.45) is 5.92 Å². The molecule has 58 valence electrons. The predicted octanol–water partition coefficient (Wildman–Crippen LogP) is 2.48. The molecule has 1 atom stereocenters. The maximum atomic E-state index is 5.38. The van der Waals surface area contributed by atoms with Crippen molar-refractivity contribution in [2.75, 3.05) is 6.54 Å². The second-order valence-electron chi connectivity index (χ2n) is 3.05. The summed E-state index contributed by atoms with van der Waals surface area (Å²) in [5, 5.41) is 0. The Morgan fingerprint density at radius 1 is 1.80 bits per heavy atom. The number of halogens is 1. The minimum Gasteiger partial charge on any atom is -0.229 e. The summed E-state index contributed by atoms with van der Waals surface area (Å²) in [5.41, 5.74) is 1.47. The molecule has 0 spiro atoms. The Hall–Kier alpha value is -0.0100. The highest BCUT2D eigenvalue weighted by Crippen LogP contribution is 2.21. The van der Waals surface area contributed by atoms with E-state index in [0.29, 0.717) is 0 Å². The zero-order valence-electron chi connectivity index (χ0n) is 6.36. The molecule has 0 radical (unpaired) electrons. The van der Waals surface area contributed by atoms with Gasteiger partial charge in [-0.15, -0.1) is 0 Å². The summed E-state index contributed by atoms with van der Waals surface area (Å²) in [6, 6.07) is 0. The second-order valence-corrected chi connectivity index (χ2v) is 3.32. The Labute approximate surface area is 67.6 Å². The van der Waals surface area contributed by atoms with Crippen LogP contribution >= 0.6 is 11.8 Å². The fourth-order valence-electron chi connectivity index (χ4n) is 1.27. The van der Waals surface area contributed by atoms with Crippen LogP contribution in [0.4, 0.5) is 0 Å². The van der Waals surface area contributed by atoms with E-state index in [1.807, 2.05) is 0 Å². The van der Waals surface area contributed by atoms with Gasteiger partial charge >= 0.3 is 0 Å². The molecule has 0 saturated carbocycles. The van der Waals surface area contributed by atoms with E-state index in [4.69, 9.17) is 11.8 Å². The van der Waals surface area contributed by atoms with Crippen molar-refractivity contribution in [2.45, 2.75) is 26.2 Å². The molecule has 0 bridgehead atoms. The summed E-state index contributed by atoms with van der Waals surface area (Å²) in [5.74, 6) is 0.874. The molecule has 0 amide bonds. The maximum Gasteiger partial charge on any atom is 0.0318 e. The number of hydrogen-bond donors (Lipinski definition) is 1. The highest BCUT2D eigenvalue weighted by molar-refractivity contribution is 6.13. The molecule has 1 nitrogen and oxygen atoms in total. The average Bonchev–Trinajstić information content (AvgIpc) is 1.95. The molecular formula is C8H14ClN. The molecule has 0 aliphatic heterocycles. The lowest BCUT2D eigenvalue weighted by Crippen LogP contribution is -2.10. The van der Waals surface area contributed by atoms with Gasteiger partial charge in [-0.2, -0.15) is 0 Å².